The summed E-state index contributed by atoms with van der Waals surface area (Å²) in [6, 6.07) is 10.3. The summed E-state index contributed by atoms with van der Waals surface area (Å²) in [6.45, 7) is 2.08. The van der Waals surface area contributed by atoms with E-state index in [1.807, 2.05) is 18.2 Å². The normalized spacial score (nSPS) is 6.64. The fraction of sp³-hybridized carbons (Fsp3) is 0.333. The molecule has 1 aromatic rings. The maximum atomic E-state index is 7.00. The molecule has 0 amide bonds. The summed E-state index contributed by atoms with van der Waals surface area (Å²) >= 11 is 0. The number of aliphatic hydroxyl groups excluding tert-OH is 2. The highest BCUT2D eigenvalue weighted by Crippen LogP contribution is 1.92. The van der Waals surface area contributed by atoms with Gasteiger partial charge in [-0.1, -0.05) is 35.9 Å². The minimum absolute atomic E-state index is 1.00. The van der Waals surface area contributed by atoms with Crippen LogP contribution in [-0.2, 0) is 0 Å². The molecule has 0 aliphatic rings. The van der Waals surface area contributed by atoms with Crippen LogP contribution in [0.3, 0.4) is 0 Å². The highest BCUT2D eigenvalue weighted by molar-refractivity contribution is 5.11. The first-order valence-corrected chi connectivity index (χ1v) is 3.31. The number of benzene rings is 1. The number of aliphatic hydroxyl groups is 2. The Balaban J connectivity index is 0. The zero-order valence-electron chi connectivity index (χ0n) is 7.28. The maximum Gasteiger partial charge on any atom is 0.0319 e. The second kappa shape index (κ2) is 11.9. The lowest BCUT2D eigenvalue weighted by Crippen LogP contribution is -1.62. The van der Waals surface area contributed by atoms with Crippen molar-refractivity contribution >= 4 is 0 Å². The van der Waals surface area contributed by atoms with Gasteiger partial charge in [0.05, 0.1) is 0 Å². The molecule has 64 valence electrons. The molecule has 1 aromatic carbocycles. The summed E-state index contributed by atoms with van der Waals surface area (Å²) in [5.41, 5.74) is 1.32. The Bertz CT molecular complexity index is 137. The van der Waals surface area contributed by atoms with Gasteiger partial charge < -0.3 is 10.2 Å². The highest BCUT2D eigenvalue weighted by atomic mass is 16.2. The molecule has 0 radical (unpaired) electrons. The Morgan fingerprint density at radius 2 is 1.18 bits per heavy atom. The van der Waals surface area contributed by atoms with Crippen LogP contribution in [0.4, 0.5) is 0 Å². The lowest BCUT2D eigenvalue weighted by molar-refractivity contribution is 0.399. The molecule has 0 aliphatic carbocycles. The largest absolute Gasteiger partial charge is 0.400 e. The first-order valence-electron chi connectivity index (χ1n) is 3.31. The molecule has 0 aliphatic heterocycles. The SMILES string of the molecule is CO.CO.Cc1ccccc1. The van der Waals surface area contributed by atoms with Gasteiger partial charge in [0, 0.05) is 14.2 Å². The Morgan fingerprint density at radius 3 is 1.36 bits per heavy atom. The zero-order valence-corrected chi connectivity index (χ0v) is 7.28. The average Bonchev–Trinajstić information content (AvgIpc) is 2.13. The van der Waals surface area contributed by atoms with Crippen molar-refractivity contribution in [2.75, 3.05) is 14.2 Å². The Morgan fingerprint density at radius 1 is 0.818 bits per heavy atom. The van der Waals surface area contributed by atoms with Gasteiger partial charge in [0.25, 0.3) is 0 Å². The predicted molar refractivity (Wildman–Crippen MR) is 47.5 cm³/mol. The molecule has 2 heteroatoms. The van der Waals surface area contributed by atoms with E-state index in [9.17, 15) is 0 Å². The van der Waals surface area contributed by atoms with Crippen LogP contribution in [0, 0.1) is 6.92 Å². The van der Waals surface area contributed by atoms with E-state index in [2.05, 4.69) is 19.1 Å². The molecular formula is C9H16O2. The second-order valence-corrected chi connectivity index (χ2v) is 1.65. The van der Waals surface area contributed by atoms with Crippen LogP contribution < -0.4 is 0 Å². The molecule has 0 heterocycles. The molecule has 1 rings (SSSR count). The molecule has 2 nitrogen and oxygen atoms in total. The first-order chi connectivity index (χ1) is 5.39. The third-order valence-corrected chi connectivity index (χ3v) is 0.940. The predicted octanol–water partition coefficient (Wildman–Crippen LogP) is 1.21. The summed E-state index contributed by atoms with van der Waals surface area (Å²) < 4.78 is 0. The van der Waals surface area contributed by atoms with Gasteiger partial charge >= 0.3 is 0 Å². The fourth-order valence-corrected chi connectivity index (χ4v) is 0.534. The molecule has 0 saturated heterocycles. The van der Waals surface area contributed by atoms with Crippen molar-refractivity contribution in [1.29, 1.82) is 0 Å². The average molecular weight is 156 g/mol. The van der Waals surface area contributed by atoms with Gasteiger partial charge in [-0.2, -0.15) is 0 Å². The van der Waals surface area contributed by atoms with Gasteiger partial charge in [0.15, 0.2) is 0 Å². The van der Waals surface area contributed by atoms with E-state index < -0.39 is 0 Å². The van der Waals surface area contributed by atoms with E-state index in [0.717, 1.165) is 14.2 Å². The summed E-state index contributed by atoms with van der Waals surface area (Å²) in [6.07, 6.45) is 0. The Labute approximate surface area is 68.1 Å². The van der Waals surface area contributed by atoms with Gasteiger partial charge in [0.1, 0.15) is 0 Å². The van der Waals surface area contributed by atoms with Crippen molar-refractivity contribution in [1.82, 2.24) is 0 Å². The summed E-state index contributed by atoms with van der Waals surface area (Å²) in [7, 11) is 2.00. The Kier molecular flexibility index (Phi) is 13.8. The van der Waals surface area contributed by atoms with Crippen LogP contribution in [-0.4, -0.2) is 24.4 Å². The molecule has 0 unspecified atom stereocenters. The second-order valence-electron chi connectivity index (χ2n) is 1.65. The maximum absolute atomic E-state index is 7.00. The molecule has 0 spiro atoms. The van der Waals surface area contributed by atoms with Crippen LogP contribution in [0.25, 0.3) is 0 Å². The lowest BCUT2D eigenvalue weighted by Gasteiger charge is -1.82. The number of aryl methyl sites for hydroxylation is 1. The van der Waals surface area contributed by atoms with E-state index >= 15 is 0 Å². The van der Waals surface area contributed by atoms with E-state index in [1.165, 1.54) is 5.56 Å². The van der Waals surface area contributed by atoms with Gasteiger partial charge in [0.2, 0.25) is 0 Å². The third kappa shape index (κ3) is 9.14. The topological polar surface area (TPSA) is 40.5 Å². The summed E-state index contributed by atoms with van der Waals surface area (Å²) in [5, 5.41) is 14.0. The number of hydrogen-bond donors (Lipinski definition) is 2. The van der Waals surface area contributed by atoms with Crippen molar-refractivity contribution in [3.8, 4) is 0 Å². The lowest BCUT2D eigenvalue weighted by atomic mass is 10.2. The number of hydrogen-bond acceptors (Lipinski definition) is 2. The summed E-state index contributed by atoms with van der Waals surface area (Å²) in [4.78, 5) is 0. The van der Waals surface area contributed by atoms with Gasteiger partial charge in [-0.05, 0) is 6.92 Å². The van der Waals surface area contributed by atoms with E-state index in [0.29, 0.717) is 0 Å². The highest BCUT2D eigenvalue weighted by Gasteiger charge is 1.72. The van der Waals surface area contributed by atoms with Crippen molar-refractivity contribution in [2.45, 2.75) is 6.92 Å². The smallest absolute Gasteiger partial charge is 0.0319 e. The zero-order chi connectivity index (χ0) is 9.11. The van der Waals surface area contributed by atoms with Crippen LogP contribution in [0.15, 0.2) is 30.3 Å². The molecule has 11 heavy (non-hydrogen) atoms. The number of rotatable bonds is 0. The van der Waals surface area contributed by atoms with Gasteiger partial charge in [-0.15, -0.1) is 0 Å². The van der Waals surface area contributed by atoms with Crippen LogP contribution in [0.1, 0.15) is 5.56 Å². The van der Waals surface area contributed by atoms with Crippen molar-refractivity contribution < 1.29 is 10.2 Å². The van der Waals surface area contributed by atoms with Crippen molar-refractivity contribution in [3.63, 3.8) is 0 Å². The van der Waals surface area contributed by atoms with Crippen molar-refractivity contribution in [2.24, 2.45) is 0 Å². The first kappa shape index (κ1) is 12.8. The van der Waals surface area contributed by atoms with Gasteiger partial charge in [-0.25, -0.2) is 0 Å². The van der Waals surface area contributed by atoms with Crippen molar-refractivity contribution in [3.05, 3.63) is 35.9 Å². The Hall–Kier alpha value is -0.860. The molecule has 0 atom stereocenters. The molecule has 0 bridgehead atoms. The minimum Gasteiger partial charge on any atom is -0.400 e. The molecular weight excluding hydrogens is 140 g/mol. The van der Waals surface area contributed by atoms with E-state index in [4.69, 9.17) is 10.2 Å². The third-order valence-electron chi connectivity index (χ3n) is 0.940. The minimum atomic E-state index is 1.00. The molecule has 0 aromatic heterocycles. The van der Waals surface area contributed by atoms with Crippen LogP contribution in [0.5, 0.6) is 0 Å². The summed E-state index contributed by atoms with van der Waals surface area (Å²) in [5.74, 6) is 0. The van der Waals surface area contributed by atoms with E-state index in [-0.39, 0.29) is 0 Å². The standard InChI is InChI=1S/C7H8.2CH4O/c1-7-5-3-2-4-6-7;2*1-2/h2-6H,1H3;2*2H,1H3. The van der Waals surface area contributed by atoms with E-state index in [1.54, 1.807) is 0 Å². The molecule has 2 N–H and O–H groups in total. The van der Waals surface area contributed by atoms with Gasteiger partial charge in [-0.3, -0.25) is 0 Å². The fourth-order valence-electron chi connectivity index (χ4n) is 0.534. The molecule has 0 saturated carbocycles. The monoisotopic (exact) mass is 156 g/mol. The van der Waals surface area contributed by atoms with Crippen LogP contribution >= 0.6 is 0 Å². The quantitative estimate of drug-likeness (QED) is 0.592. The van der Waals surface area contributed by atoms with Crippen LogP contribution in [0.2, 0.25) is 0 Å². The molecule has 0 fully saturated rings.